The van der Waals surface area contributed by atoms with Gasteiger partial charge in [0.05, 0.1) is 16.9 Å². The molecule has 2 rings (SSSR count). The smallest absolute Gasteiger partial charge is 0.258 e. The van der Waals surface area contributed by atoms with Crippen LogP contribution < -0.4 is 16.1 Å². The predicted molar refractivity (Wildman–Crippen MR) is 68.6 cm³/mol. The average Bonchev–Trinajstić information content (AvgIpc) is 2.39. The van der Waals surface area contributed by atoms with Crippen molar-refractivity contribution in [3.8, 4) is 0 Å². The van der Waals surface area contributed by atoms with Crippen molar-refractivity contribution in [2.75, 3.05) is 7.11 Å². The van der Waals surface area contributed by atoms with E-state index in [2.05, 4.69) is 9.97 Å². The van der Waals surface area contributed by atoms with Gasteiger partial charge in [-0.25, -0.2) is 4.98 Å². The Balaban J connectivity index is 2.44. The fraction of sp³-hybridized carbons (Fsp3) is 0.500. The van der Waals surface area contributed by atoms with Gasteiger partial charge in [-0.1, -0.05) is 18.5 Å². The summed E-state index contributed by atoms with van der Waals surface area (Å²) >= 11 is 5.97. The minimum atomic E-state index is -0.408. The summed E-state index contributed by atoms with van der Waals surface area (Å²) in [5.41, 5.74) is -0.600. The number of hydrogen-bond acceptors (Lipinski definition) is 4. The first-order valence-corrected chi connectivity index (χ1v) is 6.19. The summed E-state index contributed by atoms with van der Waals surface area (Å²) < 4.78 is 11.0. The van der Waals surface area contributed by atoms with Crippen molar-refractivity contribution in [2.45, 2.75) is 31.1 Å². The van der Waals surface area contributed by atoms with Crippen molar-refractivity contribution in [3.05, 3.63) is 27.2 Å². The molecule has 1 aromatic heterocycles. The monoisotopic (exact) mass is 270 g/mol. The quantitative estimate of drug-likeness (QED) is 0.765. The Labute approximate surface area is 109 Å². The topological polar surface area (TPSA) is 64.2 Å². The standard InChI is InChI=1S/C12H15ClN2O3/c1-3-11(13)18-10-4-7-8(5-9(10)17-2)14-6-15-12(7)16/h4-6,9-11H,3H2,1-2H3,(H,14,15,16). The lowest BCUT2D eigenvalue weighted by atomic mass is 10.1. The van der Waals surface area contributed by atoms with E-state index in [-0.39, 0.29) is 17.8 Å². The number of halogens is 1. The molecule has 0 saturated carbocycles. The van der Waals surface area contributed by atoms with Crippen molar-refractivity contribution in [2.24, 2.45) is 0 Å². The summed E-state index contributed by atoms with van der Waals surface area (Å²) in [6.45, 7) is 1.92. The van der Waals surface area contributed by atoms with Crippen LogP contribution in [-0.2, 0) is 9.47 Å². The third-order valence-electron chi connectivity index (χ3n) is 2.79. The first-order valence-electron chi connectivity index (χ1n) is 5.75. The zero-order valence-electron chi connectivity index (χ0n) is 10.2. The number of H-pyrrole nitrogens is 1. The van der Waals surface area contributed by atoms with E-state index in [9.17, 15) is 4.79 Å². The third-order valence-corrected chi connectivity index (χ3v) is 3.21. The number of ether oxygens (including phenoxy) is 2. The van der Waals surface area contributed by atoms with Crippen LogP contribution in [0.5, 0.6) is 0 Å². The molecule has 1 aromatic rings. The Hall–Kier alpha value is -1.17. The van der Waals surface area contributed by atoms with Gasteiger partial charge in [-0.15, -0.1) is 0 Å². The highest BCUT2D eigenvalue weighted by molar-refractivity contribution is 6.19. The molecule has 5 nitrogen and oxygen atoms in total. The van der Waals surface area contributed by atoms with Crippen molar-refractivity contribution >= 4 is 23.8 Å². The number of rotatable bonds is 4. The van der Waals surface area contributed by atoms with E-state index in [1.165, 1.54) is 6.33 Å². The van der Waals surface area contributed by atoms with Crippen LogP contribution in [0.2, 0.25) is 0 Å². The molecule has 0 spiro atoms. The molecule has 0 radical (unpaired) electrons. The SMILES string of the molecule is CCC(Cl)OC1C=c2c(nc[nH]c2=O)=CC1OC. The first-order chi connectivity index (χ1) is 8.65. The second-order valence-electron chi connectivity index (χ2n) is 3.98. The lowest BCUT2D eigenvalue weighted by Gasteiger charge is -2.25. The molecule has 0 bridgehead atoms. The first kappa shape index (κ1) is 13.3. The number of aromatic amines is 1. The molecule has 1 aliphatic carbocycles. The predicted octanol–water partition coefficient (Wildman–Crippen LogP) is -0.280. The normalized spacial score (nSPS) is 23.7. The van der Waals surface area contributed by atoms with Crippen molar-refractivity contribution < 1.29 is 9.47 Å². The molecule has 0 aromatic carbocycles. The fourth-order valence-electron chi connectivity index (χ4n) is 1.81. The molecule has 0 saturated heterocycles. The Morgan fingerprint density at radius 3 is 2.94 bits per heavy atom. The second kappa shape index (κ2) is 5.65. The van der Waals surface area contributed by atoms with E-state index in [1.807, 2.05) is 6.92 Å². The lowest BCUT2D eigenvalue weighted by Crippen LogP contribution is -2.49. The minimum absolute atomic E-state index is 0.193. The van der Waals surface area contributed by atoms with E-state index in [1.54, 1.807) is 19.3 Å². The molecular weight excluding hydrogens is 256 g/mol. The van der Waals surface area contributed by atoms with Crippen molar-refractivity contribution in [3.63, 3.8) is 0 Å². The highest BCUT2D eigenvalue weighted by atomic mass is 35.5. The van der Waals surface area contributed by atoms with Crippen molar-refractivity contribution in [1.29, 1.82) is 0 Å². The van der Waals surface area contributed by atoms with Gasteiger partial charge in [0.25, 0.3) is 5.56 Å². The summed E-state index contributed by atoms with van der Waals surface area (Å²) in [4.78, 5) is 18.3. The van der Waals surface area contributed by atoms with E-state index >= 15 is 0 Å². The highest BCUT2D eigenvalue weighted by Gasteiger charge is 2.23. The second-order valence-corrected chi connectivity index (χ2v) is 4.47. The van der Waals surface area contributed by atoms with Crippen LogP contribution in [0.1, 0.15) is 13.3 Å². The number of aromatic nitrogens is 2. The van der Waals surface area contributed by atoms with Crippen LogP contribution in [0.15, 0.2) is 11.1 Å². The zero-order chi connectivity index (χ0) is 13.1. The molecule has 1 N–H and O–H groups in total. The summed E-state index contributed by atoms with van der Waals surface area (Å²) in [6, 6.07) is 0. The van der Waals surface area contributed by atoms with Crippen LogP contribution in [-0.4, -0.2) is 34.8 Å². The van der Waals surface area contributed by atoms with E-state index < -0.39 is 5.56 Å². The highest BCUT2D eigenvalue weighted by Crippen LogP contribution is 2.14. The molecular formula is C12H15ClN2O3. The number of nitrogens with zero attached hydrogens (tertiary/aromatic N) is 1. The number of alkyl halides is 1. The Bertz CT molecular complexity index is 584. The van der Waals surface area contributed by atoms with E-state index in [4.69, 9.17) is 21.1 Å². The summed E-state index contributed by atoms with van der Waals surface area (Å²) in [6.07, 6.45) is 4.86. The van der Waals surface area contributed by atoms with Crippen LogP contribution in [0.4, 0.5) is 0 Å². The maximum Gasteiger partial charge on any atom is 0.258 e. The molecule has 0 fully saturated rings. The van der Waals surface area contributed by atoms with Crippen LogP contribution in [0.25, 0.3) is 12.2 Å². The van der Waals surface area contributed by atoms with Gasteiger partial charge in [-0.05, 0) is 18.6 Å². The summed E-state index contributed by atoms with van der Waals surface area (Å²) in [5, 5.41) is 1.10. The summed E-state index contributed by atoms with van der Waals surface area (Å²) in [5.74, 6) is 0. The van der Waals surface area contributed by atoms with Gasteiger partial charge in [0.1, 0.15) is 17.8 Å². The minimum Gasteiger partial charge on any atom is -0.374 e. The molecule has 98 valence electrons. The molecule has 1 heterocycles. The van der Waals surface area contributed by atoms with E-state index in [0.29, 0.717) is 17.0 Å². The molecule has 3 atom stereocenters. The van der Waals surface area contributed by atoms with Gasteiger partial charge in [0.15, 0.2) is 0 Å². The summed E-state index contributed by atoms with van der Waals surface area (Å²) in [7, 11) is 1.58. The largest absolute Gasteiger partial charge is 0.374 e. The fourth-order valence-corrected chi connectivity index (χ4v) is 1.93. The molecule has 0 amide bonds. The number of nitrogens with one attached hydrogen (secondary N) is 1. The molecule has 1 aliphatic rings. The zero-order valence-corrected chi connectivity index (χ0v) is 11.0. The molecule has 6 heteroatoms. The Kier molecular flexibility index (Phi) is 4.16. The van der Waals surface area contributed by atoms with Crippen LogP contribution in [0, 0.1) is 0 Å². The maximum absolute atomic E-state index is 11.7. The van der Waals surface area contributed by atoms with Gasteiger partial charge >= 0.3 is 0 Å². The van der Waals surface area contributed by atoms with Crippen molar-refractivity contribution in [1.82, 2.24) is 9.97 Å². The van der Waals surface area contributed by atoms with Gasteiger partial charge in [0, 0.05) is 7.11 Å². The lowest BCUT2D eigenvalue weighted by molar-refractivity contribution is -0.0101. The van der Waals surface area contributed by atoms with E-state index in [0.717, 1.165) is 0 Å². The van der Waals surface area contributed by atoms with Gasteiger partial charge < -0.3 is 14.5 Å². The maximum atomic E-state index is 11.7. The number of hydrogen-bond donors (Lipinski definition) is 1. The third kappa shape index (κ3) is 2.63. The van der Waals surface area contributed by atoms with Crippen LogP contribution in [0.3, 0.4) is 0 Å². The number of methoxy groups -OCH3 is 1. The Morgan fingerprint density at radius 2 is 2.28 bits per heavy atom. The van der Waals surface area contributed by atoms with Crippen LogP contribution >= 0.6 is 11.6 Å². The molecule has 18 heavy (non-hydrogen) atoms. The van der Waals surface area contributed by atoms with Gasteiger partial charge in [-0.3, -0.25) is 4.79 Å². The van der Waals surface area contributed by atoms with Gasteiger partial charge in [-0.2, -0.15) is 0 Å². The average molecular weight is 271 g/mol. The Morgan fingerprint density at radius 1 is 1.50 bits per heavy atom. The van der Waals surface area contributed by atoms with Gasteiger partial charge in [0.2, 0.25) is 0 Å². The number of fused-ring (bicyclic) bond motifs is 1. The molecule has 0 aliphatic heterocycles. The molecule has 3 unspecified atom stereocenters.